The van der Waals surface area contributed by atoms with E-state index in [0.29, 0.717) is 30.0 Å². The van der Waals surface area contributed by atoms with Crippen LogP contribution in [0, 0.1) is 45.3 Å². The van der Waals surface area contributed by atoms with Crippen molar-refractivity contribution in [2.75, 3.05) is 0 Å². The van der Waals surface area contributed by atoms with E-state index >= 15 is 0 Å². The molecule has 0 aromatic heterocycles. The minimum absolute atomic E-state index is 0.147. The van der Waals surface area contributed by atoms with E-state index in [0.717, 1.165) is 25.7 Å². The molecule has 4 heteroatoms. The zero-order chi connectivity index (χ0) is 25.5. The SMILES string of the molecule is C[C@H](C[C@H](O)[C@@H](O)C(C)(C)O)[C@H]1CC[C@@]2(C)C3=CC[C@@H]4C(C)(C)C(=O)CC[C@@]4(C)[C@@H]3CC[C@]12C. The molecule has 0 amide bonds. The molecular weight excluding hydrogens is 424 g/mol. The Hall–Kier alpha value is -0.710. The number of hydrogen-bond donors (Lipinski definition) is 3. The summed E-state index contributed by atoms with van der Waals surface area (Å²) in [6.07, 6.45) is 8.46. The van der Waals surface area contributed by atoms with E-state index in [4.69, 9.17) is 0 Å². The van der Waals surface area contributed by atoms with Gasteiger partial charge in [0.2, 0.25) is 0 Å². The standard InChI is InChI=1S/C30H50O4/c1-18(17-22(31)25(33)27(4,5)34)19-11-15-30(8)21-9-10-23-26(2,3)24(32)13-14-28(23,6)20(21)12-16-29(19,30)7/h9,18-20,22-23,25,31,33-34H,10-17H2,1-8H3/t18-,19-,20-,22+,23-,25-,28+,29-,30+/m1/s1. The van der Waals surface area contributed by atoms with Crippen LogP contribution in [-0.4, -0.2) is 38.9 Å². The van der Waals surface area contributed by atoms with E-state index in [-0.39, 0.29) is 27.6 Å². The first-order valence-corrected chi connectivity index (χ1v) is 13.8. The molecular formula is C30H50O4. The maximum Gasteiger partial charge on any atom is 0.138 e. The fourth-order valence-electron chi connectivity index (χ4n) is 9.61. The van der Waals surface area contributed by atoms with Crippen molar-refractivity contribution in [3.05, 3.63) is 11.6 Å². The summed E-state index contributed by atoms with van der Waals surface area (Å²) in [6.45, 7) is 17.2. The van der Waals surface area contributed by atoms with Gasteiger partial charge in [-0.3, -0.25) is 4.79 Å². The van der Waals surface area contributed by atoms with Crippen LogP contribution in [0.15, 0.2) is 11.6 Å². The van der Waals surface area contributed by atoms with E-state index in [1.54, 1.807) is 19.4 Å². The molecule has 3 N–H and O–H groups in total. The van der Waals surface area contributed by atoms with Gasteiger partial charge in [-0.1, -0.05) is 53.2 Å². The van der Waals surface area contributed by atoms with Crippen LogP contribution in [0.1, 0.15) is 107 Å². The molecule has 0 radical (unpaired) electrons. The van der Waals surface area contributed by atoms with Crippen molar-refractivity contribution in [3.63, 3.8) is 0 Å². The zero-order valence-corrected chi connectivity index (χ0v) is 22.9. The van der Waals surface area contributed by atoms with Crippen LogP contribution in [0.2, 0.25) is 0 Å². The summed E-state index contributed by atoms with van der Waals surface area (Å²) in [5.74, 6) is 2.19. The lowest BCUT2D eigenvalue weighted by Crippen LogP contribution is -2.57. The third kappa shape index (κ3) is 3.60. The van der Waals surface area contributed by atoms with Crippen LogP contribution in [0.4, 0.5) is 0 Å². The fraction of sp³-hybridized carbons (Fsp3) is 0.900. The summed E-state index contributed by atoms with van der Waals surface area (Å²) in [5.41, 5.74) is 0.630. The highest BCUT2D eigenvalue weighted by molar-refractivity contribution is 5.85. The molecule has 3 saturated carbocycles. The van der Waals surface area contributed by atoms with Crippen LogP contribution in [0.25, 0.3) is 0 Å². The van der Waals surface area contributed by atoms with Crippen molar-refractivity contribution in [2.45, 2.75) is 125 Å². The number of hydrogen-bond acceptors (Lipinski definition) is 4. The maximum atomic E-state index is 12.8. The predicted octanol–water partition coefficient (Wildman–Crippen LogP) is 5.68. The second-order valence-corrected chi connectivity index (χ2v) is 14.5. The quantitative estimate of drug-likeness (QED) is 0.448. The number of carbonyl (C=O) groups excluding carboxylic acids is 1. The van der Waals surface area contributed by atoms with Crippen molar-refractivity contribution in [1.82, 2.24) is 0 Å². The Morgan fingerprint density at radius 3 is 2.32 bits per heavy atom. The number of Topliss-reactive ketones (excluding diaryl/α,β-unsaturated/α-hetero) is 1. The molecule has 3 fully saturated rings. The second kappa shape index (κ2) is 8.15. The largest absolute Gasteiger partial charge is 0.390 e. The highest BCUT2D eigenvalue weighted by atomic mass is 16.4. The van der Waals surface area contributed by atoms with Gasteiger partial charge in [-0.2, -0.15) is 0 Å². The third-order valence-corrected chi connectivity index (χ3v) is 12.0. The second-order valence-electron chi connectivity index (χ2n) is 14.5. The molecule has 4 nitrogen and oxygen atoms in total. The minimum atomic E-state index is -1.31. The average molecular weight is 475 g/mol. The van der Waals surface area contributed by atoms with Gasteiger partial charge >= 0.3 is 0 Å². The number of aliphatic hydroxyl groups excluding tert-OH is 2. The number of aliphatic hydroxyl groups is 3. The zero-order valence-electron chi connectivity index (χ0n) is 22.9. The van der Waals surface area contributed by atoms with Crippen LogP contribution in [0.3, 0.4) is 0 Å². The smallest absolute Gasteiger partial charge is 0.138 e. The molecule has 4 rings (SSSR count). The lowest BCUT2D eigenvalue weighted by atomic mass is 9.41. The Morgan fingerprint density at radius 2 is 1.71 bits per heavy atom. The van der Waals surface area contributed by atoms with Crippen molar-refractivity contribution < 1.29 is 20.1 Å². The molecule has 194 valence electrons. The molecule has 9 atom stereocenters. The summed E-state index contributed by atoms with van der Waals surface area (Å²) in [6, 6.07) is 0. The topological polar surface area (TPSA) is 77.8 Å². The van der Waals surface area contributed by atoms with Gasteiger partial charge in [-0.15, -0.1) is 0 Å². The van der Waals surface area contributed by atoms with Crippen molar-refractivity contribution in [2.24, 2.45) is 45.3 Å². The van der Waals surface area contributed by atoms with E-state index in [9.17, 15) is 20.1 Å². The van der Waals surface area contributed by atoms with E-state index < -0.39 is 17.8 Å². The van der Waals surface area contributed by atoms with Gasteiger partial charge < -0.3 is 15.3 Å². The van der Waals surface area contributed by atoms with Crippen LogP contribution >= 0.6 is 0 Å². The predicted molar refractivity (Wildman–Crippen MR) is 136 cm³/mol. The van der Waals surface area contributed by atoms with Gasteiger partial charge in [0.25, 0.3) is 0 Å². The van der Waals surface area contributed by atoms with Crippen molar-refractivity contribution in [3.8, 4) is 0 Å². The number of carbonyl (C=O) groups is 1. The summed E-state index contributed by atoms with van der Waals surface area (Å²) in [5, 5.41) is 31.3. The van der Waals surface area contributed by atoms with Crippen molar-refractivity contribution in [1.29, 1.82) is 0 Å². The molecule has 0 unspecified atom stereocenters. The number of allylic oxidation sites excluding steroid dienone is 2. The first kappa shape index (κ1) is 26.4. The molecule has 4 aliphatic carbocycles. The molecule has 4 aliphatic rings. The number of fused-ring (bicyclic) bond motifs is 5. The highest BCUT2D eigenvalue weighted by Gasteiger charge is 2.65. The van der Waals surface area contributed by atoms with Gasteiger partial charge in [-0.25, -0.2) is 0 Å². The molecule has 0 aromatic rings. The van der Waals surface area contributed by atoms with E-state index in [1.165, 1.54) is 19.3 Å². The lowest BCUT2D eigenvalue weighted by Gasteiger charge is -2.63. The van der Waals surface area contributed by atoms with Crippen LogP contribution in [-0.2, 0) is 4.79 Å². The summed E-state index contributed by atoms with van der Waals surface area (Å²) in [7, 11) is 0. The van der Waals surface area contributed by atoms with Crippen LogP contribution < -0.4 is 0 Å². The van der Waals surface area contributed by atoms with Gasteiger partial charge in [0.1, 0.15) is 11.9 Å². The minimum Gasteiger partial charge on any atom is -0.390 e. The molecule has 0 bridgehead atoms. The Bertz CT molecular complexity index is 852. The molecule has 0 aliphatic heterocycles. The van der Waals surface area contributed by atoms with Crippen molar-refractivity contribution >= 4 is 5.78 Å². The molecule has 0 spiro atoms. The fourth-order valence-corrected chi connectivity index (χ4v) is 9.61. The Labute approximate surface area is 207 Å². The molecule has 0 heterocycles. The van der Waals surface area contributed by atoms with E-state index in [2.05, 4.69) is 47.6 Å². The average Bonchev–Trinajstić information content (AvgIpc) is 3.01. The number of ketones is 1. The molecule has 34 heavy (non-hydrogen) atoms. The van der Waals surface area contributed by atoms with Gasteiger partial charge in [0.15, 0.2) is 0 Å². The summed E-state index contributed by atoms with van der Waals surface area (Å²) < 4.78 is 0. The monoisotopic (exact) mass is 474 g/mol. The third-order valence-electron chi connectivity index (χ3n) is 12.0. The first-order chi connectivity index (χ1) is 15.5. The van der Waals surface area contributed by atoms with Crippen LogP contribution in [0.5, 0.6) is 0 Å². The Kier molecular flexibility index (Phi) is 6.32. The van der Waals surface area contributed by atoms with E-state index in [1.807, 2.05) is 0 Å². The number of rotatable bonds is 5. The Morgan fingerprint density at radius 1 is 1.06 bits per heavy atom. The Balaban J connectivity index is 1.60. The molecule has 0 saturated heterocycles. The summed E-state index contributed by atoms with van der Waals surface area (Å²) >= 11 is 0. The summed E-state index contributed by atoms with van der Waals surface area (Å²) in [4.78, 5) is 12.8. The first-order valence-electron chi connectivity index (χ1n) is 13.8. The van der Waals surface area contributed by atoms with Gasteiger partial charge in [0.05, 0.1) is 11.7 Å². The normalized spacial score (nSPS) is 44.4. The highest BCUT2D eigenvalue weighted by Crippen LogP contribution is 2.73. The molecule has 0 aromatic carbocycles. The van der Waals surface area contributed by atoms with Gasteiger partial charge in [-0.05, 0) is 98.7 Å². The van der Waals surface area contributed by atoms with Gasteiger partial charge in [0, 0.05) is 11.8 Å². The maximum absolute atomic E-state index is 12.8. The lowest BCUT2D eigenvalue weighted by molar-refractivity contribution is -0.146.